The lowest BCUT2D eigenvalue weighted by molar-refractivity contribution is -0.117. The predicted octanol–water partition coefficient (Wildman–Crippen LogP) is 2.60. The third-order valence-electron chi connectivity index (χ3n) is 4.34. The first-order chi connectivity index (χ1) is 10.0. The molecule has 0 radical (unpaired) electrons. The molecule has 0 saturated heterocycles. The number of carbonyl (C=O) groups excluding carboxylic acids is 1. The average Bonchev–Trinajstić information content (AvgIpc) is 2.90. The molecule has 2 unspecified atom stereocenters. The molecule has 1 amide bonds. The van der Waals surface area contributed by atoms with E-state index in [1.165, 1.54) is 16.4 Å². The fourth-order valence-electron chi connectivity index (χ4n) is 3.17. The zero-order chi connectivity index (χ0) is 15.4. The summed E-state index contributed by atoms with van der Waals surface area (Å²) in [5, 5.41) is 3.01. The number of halogens is 1. The normalized spacial score (nSPS) is 21.8. The summed E-state index contributed by atoms with van der Waals surface area (Å²) in [6, 6.07) is 6.49. The molecular weight excluding hydrogens is 377 g/mol. The van der Waals surface area contributed by atoms with E-state index in [1.807, 2.05) is 26.1 Å². The molecule has 0 aliphatic heterocycles. The van der Waals surface area contributed by atoms with Crippen molar-refractivity contribution in [2.75, 3.05) is 25.5 Å². The molecule has 3 N–H and O–H groups in total. The number of anilines is 1. The molecule has 2 atom stereocenters. The highest BCUT2D eigenvalue weighted by Crippen LogP contribution is 2.28. The van der Waals surface area contributed by atoms with Gasteiger partial charge in [-0.15, -0.1) is 0 Å². The van der Waals surface area contributed by atoms with Gasteiger partial charge < -0.3 is 11.1 Å². The summed E-state index contributed by atoms with van der Waals surface area (Å²) in [6.45, 7) is 3.16. The van der Waals surface area contributed by atoms with Crippen molar-refractivity contribution in [2.24, 2.45) is 11.7 Å². The molecule has 4 nitrogen and oxygen atoms in total. The van der Waals surface area contributed by atoms with Gasteiger partial charge in [-0.1, -0.05) is 6.42 Å². The third kappa shape index (κ3) is 4.40. The molecule has 0 spiro atoms. The Morgan fingerprint density at radius 1 is 1.48 bits per heavy atom. The molecule has 1 saturated carbocycles. The van der Waals surface area contributed by atoms with E-state index in [1.54, 1.807) is 0 Å². The van der Waals surface area contributed by atoms with Crippen LogP contribution in [0.4, 0.5) is 5.69 Å². The minimum absolute atomic E-state index is 0.0458. The summed E-state index contributed by atoms with van der Waals surface area (Å²) >= 11 is 2.27. The van der Waals surface area contributed by atoms with Crippen LogP contribution in [0.25, 0.3) is 0 Å². The van der Waals surface area contributed by atoms with Crippen molar-refractivity contribution in [2.45, 2.75) is 32.2 Å². The quantitative estimate of drug-likeness (QED) is 0.746. The predicted molar refractivity (Wildman–Crippen MR) is 95.3 cm³/mol. The zero-order valence-corrected chi connectivity index (χ0v) is 14.9. The van der Waals surface area contributed by atoms with Crippen LogP contribution in [0.2, 0.25) is 0 Å². The Hall–Kier alpha value is -0.660. The van der Waals surface area contributed by atoms with Gasteiger partial charge in [0.25, 0.3) is 0 Å². The Balaban J connectivity index is 1.92. The van der Waals surface area contributed by atoms with Gasteiger partial charge in [-0.3, -0.25) is 9.69 Å². The van der Waals surface area contributed by atoms with Crippen LogP contribution < -0.4 is 11.1 Å². The Kier molecular flexibility index (Phi) is 6.01. The van der Waals surface area contributed by atoms with E-state index in [9.17, 15) is 4.79 Å². The van der Waals surface area contributed by atoms with Gasteiger partial charge >= 0.3 is 0 Å². The number of amides is 1. The van der Waals surface area contributed by atoms with Crippen LogP contribution in [0.15, 0.2) is 18.2 Å². The van der Waals surface area contributed by atoms with Crippen LogP contribution in [0.3, 0.4) is 0 Å². The zero-order valence-electron chi connectivity index (χ0n) is 12.7. The Morgan fingerprint density at radius 2 is 2.24 bits per heavy atom. The maximum atomic E-state index is 12.2. The van der Waals surface area contributed by atoms with Crippen LogP contribution in [0.1, 0.15) is 24.8 Å². The minimum atomic E-state index is 0.0458. The van der Waals surface area contributed by atoms with Crippen molar-refractivity contribution in [3.8, 4) is 0 Å². The summed E-state index contributed by atoms with van der Waals surface area (Å²) in [5.74, 6) is 0.576. The van der Waals surface area contributed by atoms with Crippen molar-refractivity contribution in [3.63, 3.8) is 0 Å². The van der Waals surface area contributed by atoms with Gasteiger partial charge in [0.05, 0.1) is 6.54 Å². The van der Waals surface area contributed by atoms with Crippen molar-refractivity contribution < 1.29 is 4.79 Å². The molecule has 5 heteroatoms. The molecule has 21 heavy (non-hydrogen) atoms. The Bertz CT molecular complexity index is 506. The van der Waals surface area contributed by atoms with Crippen LogP contribution >= 0.6 is 22.6 Å². The second kappa shape index (κ2) is 7.56. The summed E-state index contributed by atoms with van der Waals surface area (Å²) in [4.78, 5) is 14.4. The van der Waals surface area contributed by atoms with Gasteiger partial charge in [0.1, 0.15) is 0 Å². The van der Waals surface area contributed by atoms with Crippen LogP contribution in [0.5, 0.6) is 0 Å². The number of nitrogens with zero attached hydrogens (tertiary/aromatic N) is 1. The molecule has 1 aromatic carbocycles. The summed E-state index contributed by atoms with van der Waals surface area (Å²) in [7, 11) is 2.03. The van der Waals surface area contributed by atoms with Gasteiger partial charge in [0, 0.05) is 15.3 Å². The number of rotatable bonds is 5. The largest absolute Gasteiger partial charge is 0.330 e. The fraction of sp³-hybridized carbons (Fsp3) is 0.562. The standard InChI is InChI=1S/C16H24IN3O/c1-11-8-13(17)6-7-14(11)19-16(21)10-20(2)15-5-3-4-12(15)9-18/h6-8,12,15H,3-5,9-10,18H2,1-2H3,(H,19,21). The van der Waals surface area contributed by atoms with Crippen molar-refractivity contribution in [1.29, 1.82) is 0 Å². The van der Waals surface area contributed by atoms with Crippen LogP contribution in [-0.4, -0.2) is 37.0 Å². The maximum absolute atomic E-state index is 12.2. The van der Waals surface area contributed by atoms with E-state index in [0.717, 1.165) is 17.7 Å². The lowest BCUT2D eigenvalue weighted by atomic mass is 10.0. The van der Waals surface area contributed by atoms with E-state index in [0.29, 0.717) is 25.0 Å². The fourth-order valence-corrected chi connectivity index (χ4v) is 3.82. The summed E-state index contributed by atoms with van der Waals surface area (Å²) < 4.78 is 1.18. The molecular formula is C16H24IN3O. The van der Waals surface area contributed by atoms with Gasteiger partial charge in [0.2, 0.25) is 5.91 Å². The maximum Gasteiger partial charge on any atom is 0.238 e. The number of benzene rings is 1. The first kappa shape index (κ1) is 16.7. The second-order valence-corrected chi connectivity index (χ2v) is 7.16. The topological polar surface area (TPSA) is 58.4 Å². The SMILES string of the molecule is Cc1cc(I)ccc1NC(=O)CN(C)C1CCCC1CN. The third-order valence-corrected chi connectivity index (χ3v) is 5.01. The van der Waals surface area contributed by atoms with Crippen molar-refractivity contribution in [3.05, 3.63) is 27.3 Å². The van der Waals surface area contributed by atoms with E-state index in [-0.39, 0.29) is 5.91 Å². The number of hydrogen-bond donors (Lipinski definition) is 2. The average molecular weight is 401 g/mol. The van der Waals surface area contributed by atoms with Crippen molar-refractivity contribution >= 4 is 34.2 Å². The van der Waals surface area contributed by atoms with Crippen molar-refractivity contribution in [1.82, 2.24) is 4.90 Å². The van der Waals surface area contributed by atoms with Gasteiger partial charge in [0.15, 0.2) is 0 Å². The summed E-state index contributed by atoms with van der Waals surface area (Å²) in [6.07, 6.45) is 3.55. The molecule has 0 heterocycles. The Morgan fingerprint density at radius 3 is 2.90 bits per heavy atom. The molecule has 1 aliphatic carbocycles. The molecule has 116 valence electrons. The lowest BCUT2D eigenvalue weighted by Crippen LogP contribution is -2.41. The molecule has 1 aliphatic rings. The van der Waals surface area contributed by atoms with Gasteiger partial charge in [-0.2, -0.15) is 0 Å². The number of carbonyl (C=O) groups is 1. The summed E-state index contributed by atoms with van der Waals surface area (Å²) in [5.41, 5.74) is 7.82. The van der Waals surface area contributed by atoms with Crippen LogP contribution in [-0.2, 0) is 4.79 Å². The lowest BCUT2D eigenvalue weighted by Gasteiger charge is -2.28. The minimum Gasteiger partial charge on any atom is -0.330 e. The van der Waals surface area contributed by atoms with Gasteiger partial charge in [-0.25, -0.2) is 0 Å². The second-order valence-electron chi connectivity index (χ2n) is 5.92. The molecule has 1 aromatic rings. The molecule has 1 fully saturated rings. The number of nitrogens with one attached hydrogen (secondary N) is 1. The van der Waals surface area contributed by atoms with E-state index in [4.69, 9.17) is 5.73 Å². The number of hydrogen-bond acceptors (Lipinski definition) is 3. The van der Waals surface area contributed by atoms with E-state index >= 15 is 0 Å². The highest BCUT2D eigenvalue weighted by molar-refractivity contribution is 14.1. The Labute approximate surface area is 140 Å². The molecule has 0 aromatic heterocycles. The number of likely N-dealkylation sites (N-methyl/N-ethyl adjacent to an activating group) is 1. The highest BCUT2D eigenvalue weighted by Gasteiger charge is 2.30. The first-order valence-electron chi connectivity index (χ1n) is 7.47. The van der Waals surface area contributed by atoms with E-state index < -0.39 is 0 Å². The first-order valence-corrected chi connectivity index (χ1v) is 8.55. The number of nitrogens with two attached hydrogens (primary N) is 1. The molecule has 2 rings (SSSR count). The monoisotopic (exact) mass is 401 g/mol. The smallest absolute Gasteiger partial charge is 0.238 e. The van der Waals surface area contributed by atoms with Crippen LogP contribution in [0, 0.1) is 16.4 Å². The van der Waals surface area contributed by atoms with E-state index in [2.05, 4.69) is 38.9 Å². The number of aryl methyl sites for hydroxylation is 1. The highest BCUT2D eigenvalue weighted by atomic mass is 127. The van der Waals surface area contributed by atoms with Gasteiger partial charge in [-0.05, 0) is 85.6 Å². The molecule has 0 bridgehead atoms.